The average Bonchev–Trinajstić information content (AvgIpc) is 3.65. The maximum absolute atomic E-state index is 12.8. The van der Waals surface area contributed by atoms with Gasteiger partial charge in [0.1, 0.15) is 52.8 Å². The Bertz CT molecular complexity index is 1710. The van der Waals surface area contributed by atoms with Crippen molar-refractivity contribution in [2.75, 3.05) is 13.2 Å². The molecule has 0 unspecified atom stereocenters. The highest BCUT2D eigenvalue weighted by Crippen LogP contribution is 2.27. The first-order chi connectivity index (χ1) is 18.6. The third-order valence-corrected chi connectivity index (χ3v) is 5.45. The molecule has 0 amide bonds. The Balaban J connectivity index is 1.17. The summed E-state index contributed by atoms with van der Waals surface area (Å²) in [5.74, 6) is 1.19. The van der Waals surface area contributed by atoms with Gasteiger partial charge in [-0.1, -0.05) is 12.1 Å². The Morgan fingerprint density at radius 3 is 1.66 bits per heavy atom. The van der Waals surface area contributed by atoms with Crippen molar-refractivity contribution in [1.82, 2.24) is 41.2 Å². The number of fused-ring (bicyclic) bond motifs is 2. The lowest BCUT2D eigenvalue weighted by atomic mass is 10.2. The lowest BCUT2D eigenvalue weighted by Gasteiger charge is -2.15. The van der Waals surface area contributed by atoms with Gasteiger partial charge in [-0.15, -0.1) is 10.2 Å². The zero-order valence-electron chi connectivity index (χ0n) is 19.2. The van der Waals surface area contributed by atoms with Crippen LogP contribution in [0.15, 0.2) is 67.0 Å². The molecule has 0 saturated carbocycles. The van der Waals surface area contributed by atoms with Gasteiger partial charge in [0.2, 0.25) is 11.6 Å². The van der Waals surface area contributed by atoms with Crippen molar-refractivity contribution in [3.63, 3.8) is 0 Å². The quantitative estimate of drug-likeness (QED) is 0.259. The van der Waals surface area contributed by atoms with E-state index in [0.29, 0.717) is 0 Å². The number of tetrazole rings is 2. The minimum atomic E-state index is -1.10. The van der Waals surface area contributed by atoms with E-state index in [1.165, 1.54) is 12.1 Å². The molecule has 0 aliphatic carbocycles. The molecule has 0 radical (unpaired) electrons. The second kappa shape index (κ2) is 9.55. The summed E-state index contributed by atoms with van der Waals surface area (Å²) in [6.07, 6.45) is -1.10. The number of nitrogens with one attached hydrogen (secondary N) is 2. The number of aromatic amines is 2. The van der Waals surface area contributed by atoms with Crippen molar-refractivity contribution in [3.05, 3.63) is 69.0 Å². The minimum Gasteiger partial charge on any atom is -0.490 e. The Morgan fingerprint density at radius 1 is 0.763 bits per heavy atom. The summed E-state index contributed by atoms with van der Waals surface area (Å²) in [4.78, 5) is 25.5. The maximum Gasteiger partial charge on any atom is 0.215 e. The van der Waals surface area contributed by atoms with E-state index in [1.54, 1.807) is 36.4 Å². The molecule has 0 saturated heterocycles. The maximum atomic E-state index is 12.8. The molecule has 0 atom stereocenters. The Labute approximate surface area is 210 Å². The highest BCUT2D eigenvalue weighted by atomic mass is 16.5. The van der Waals surface area contributed by atoms with Crippen molar-refractivity contribution in [2.45, 2.75) is 6.10 Å². The third kappa shape index (κ3) is 4.33. The molecule has 4 aromatic heterocycles. The molecule has 15 heteroatoms. The number of nitrogens with zero attached hydrogens (tertiary/aromatic N) is 6. The van der Waals surface area contributed by atoms with Crippen LogP contribution in [0.3, 0.4) is 0 Å². The molecule has 3 N–H and O–H groups in total. The fraction of sp³-hybridized carbons (Fsp3) is 0.130. The van der Waals surface area contributed by atoms with Crippen LogP contribution in [0.25, 0.3) is 45.1 Å². The average molecular weight is 516 g/mol. The first-order valence-electron chi connectivity index (χ1n) is 11.1. The van der Waals surface area contributed by atoms with Gasteiger partial charge in [0.05, 0.1) is 0 Å². The van der Waals surface area contributed by atoms with Crippen LogP contribution in [-0.2, 0) is 0 Å². The fourth-order valence-electron chi connectivity index (χ4n) is 3.78. The summed E-state index contributed by atoms with van der Waals surface area (Å²) in [5.41, 5.74) is -0.228. The van der Waals surface area contributed by atoms with Gasteiger partial charge in [0, 0.05) is 12.1 Å². The van der Waals surface area contributed by atoms with E-state index < -0.39 is 6.10 Å². The first-order valence-corrected chi connectivity index (χ1v) is 11.1. The normalized spacial score (nSPS) is 11.4. The molecule has 6 rings (SSSR count). The highest BCUT2D eigenvalue weighted by Gasteiger charge is 2.17. The van der Waals surface area contributed by atoms with Crippen LogP contribution in [0.4, 0.5) is 0 Å². The summed E-state index contributed by atoms with van der Waals surface area (Å²) in [7, 11) is 0. The summed E-state index contributed by atoms with van der Waals surface area (Å²) < 4.78 is 22.9. The zero-order chi connectivity index (χ0) is 26.1. The number of hydrogen-bond acceptors (Lipinski definition) is 13. The number of aliphatic hydroxyl groups excluding tert-OH is 1. The molecule has 38 heavy (non-hydrogen) atoms. The van der Waals surface area contributed by atoms with Crippen LogP contribution in [-0.4, -0.2) is 65.7 Å². The highest BCUT2D eigenvalue weighted by molar-refractivity contribution is 5.85. The molecule has 0 fully saturated rings. The largest absolute Gasteiger partial charge is 0.490 e. The van der Waals surface area contributed by atoms with E-state index in [1.807, 2.05) is 0 Å². The van der Waals surface area contributed by atoms with Gasteiger partial charge in [-0.2, -0.15) is 0 Å². The lowest BCUT2D eigenvalue weighted by molar-refractivity contribution is 0.0636. The van der Waals surface area contributed by atoms with Crippen LogP contribution in [0.2, 0.25) is 0 Å². The molecule has 0 aliphatic rings. The molecule has 15 nitrogen and oxygen atoms in total. The standard InChI is InChI=1S/C23H16N8O7/c32-11(9-35-14-3-1-5-16-20(14)12(33)7-18(37-16)22-24-28-29-25-22)10-36-15-4-2-6-17-21(15)13(34)8-19(38-17)23-26-30-31-27-23/h1-8,11,32H,9-10H2,(H,24,25,28,29)(H,26,27,30,31). The molecule has 4 heterocycles. The molecule has 2 aromatic carbocycles. The van der Waals surface area contributed by atoms with E-state index in [2.05, 4.69) is 41.2 Å². The second-order valence-electron chi connectivity index (χ2n) is 7.98. The monoisotopic (exact) mass is 516 g/mol. The molecule has 190 valence electrons. The van der Waals surface area contributed by atoms with Crippen molar-refractivity contribution >= 4 is 21.9 Å². The molecular formula is C23H16N8O7. The third-order valence-electron chi connectivity index (χ3n) is 5.45. The molecule has 0 spiro atoms. The van der Waals surface area contributed by atoms with Crippen LogP contribution in [0.5, 0.6) is 11.5 Å². The van der Waals surface area contributed by atoms with E-state index >= 15 is 0 Å². The smallest absolute Gasteiger partial charge is 0.215 e. The van der Waals surface area contributed by atoms with Crippen molar-refractivity contribution < 1.29 is 23.4 Å². The number of H-pyrrole nitrogens is 2. The van der Waals surface area contributed by atoms with Crippen molar-refractivity contribution in [3.8, 4) is 34.7 Å². The molecular weight excluding hydrogens is 500 g/mol. The van der Waals surface area contributed by atoms with Crippen LogP contribution < -0.4 is 20.3 Å². The van der Waals surface area contributed by atoms with Gasteiger partial charge in [0.15, 0.2) is 22.4 Å². The minimum absolute atomic E-state index is 0.169. The van der Waals surface area contributed by atoms with E-state index in [9.17, 15) is 14.7 Å². The van der Waals surface area contributed by atoms with E-state index in [4.69, 9.17) is 18.3 Å². The van der Waals surface area contributed by atoms with Crippen molar-refractivity contribution in [2.24, 2.45) is 0 Å². The molecule has 6 aromatic rings. The summed E-state index contributed by atoms with van der Waals surface area (Å²) in [6, 6.07) is 12.1. The SMILES string of the molecule is O=c1cc(-c2nnn[nH]2)oc2cccc(OCC(O)COc3cccc4oc(-c5nnn[nH]5)cc(=O)c34)c12. The van der Waals surface area contributed by atoms with Gasteiger partial charge in [-0.3, -0.25) is 9.59 Å². The Morgan fingerprint density at radius 2 is 1.24 bits per heavy atom. The zero-order valence-corrected chi connectivity index (χ0v) is 19.2. The van der Waals surface area contributed by atoms with E-state index in [0.717, 1.165) is 0 Å². The summed E-state index contributed by atoms with van der Waals surface area (Å²) in [5, 5.41) is 37.3. The molecule has 0 aliphatic heterocycles. The Kier molecular flexibility index (Phi) is 5.78. The van der Waals surface area contributed by atoms with Crippen LogP contribution in [0.1, 0.15) is 0 Å². The number of rotatable bonds is 8. The predicted molar refractivity (Wildman–Crippen MR) is 128 cm³/mol. The van der Waals surface area contributed by atoms with Crippen LogP contribution >= 0.6 is 0 Å². The Hall–Kier alpha value is -5.44. The predicted octanol–water partition coefficient (Wildman–Crippen LogP) is 1.08. The van der Waals surface area contributed by atoms with Gasteiger partial charge < -0.3 is 23.4 Å². The number of aromatic nitrogens is 8. The van der Waals surface area contributed by atoms with Crippen molar-refractivity contribution in [1.29, 1.82) is 0 Å². The number of benzene rings is 2. The fourth-order valence-corrected chi connectivity index (χ4v) is 3.78. The van der Waals surface area contributed by atoms with Gasteiger partial charge >= 0.3 is 0 Å². The summed E-state index contributed by atoms with van der Waals surface area (Å²) >= 11 is 0. The molecule has 0 bridgehead atoms. The first kappa shape index (κ1) is 23.0. The van der Waals surface area contributed by atoms with Gasteiger partial charge in [-0.25, -0.2) is 10.2 Å². The second-order valence-corrected chi connectivity index (χ2v) is 7.98. The number of hydrogen-bond donors (Lipinski definition) is 3. The number of ether oxygens (including phenoxy) is 2. The number of aliphatic hydroxyl groups is 1. The van der Waals surface area contributed by atoms with Gasteiger partial charge in [-0.05, 0) is 45.1 Å². The summed E-state index contributed by atoms with van der Waals surface area (Å²) in [6.45, 7) is -0.400. The topological polar surface area (TPSA) is 208 Å². The van der Waals surface area contributed by atoms with Crippen LogP contribution in [0, 0.1) is 0 Å². The van der Waals surface area contributed by atoms with Gasteiger partial charge in [0.25, 0.3) is 0 Å². The van der Waals surface area contributed by atoms with E-state index in [-0.39, 0.29) is 80.7 Å². The lowest BCUT2D eigenvalue weighted by Crippen LogP contribution is -2.25.